The van der Waals surface area contributed by atoms with E-state index in [1.165, 1.54) is 6.07 Å². The second-order valence-corrected chi connectivity index (χ2v) is 9.47. The third kappa shape index (κ3) is 7.75. The summed E-state index contributed by atoms with van der Waals surface area (Å²) in [5.41, 5.74) is 5.86. The molecule has 0 aliphatic heterocycles. The Hall–Kier alpha value is -1.68. The fraction of sp³-hybridized carbons (Fsp3) is 0.556. The molecule has 0 radical (unpaired) electrons. The Morgan fingerprint density at radius 1 is 1.18 bits per heavy atom. The third-order valence-electron chi connectivity index (χ3n) is 3.73. The van der Waals surface area contributed by atoms with Crippen LogP contribution in [-0.4, -0.2) is 38.4 Å². The Labute approximate surface area is 173 Å². The summed E-state index contributed by atoms with van der Waals surface area (Å²) >= 11 is 0. The van der Waals surface area contributed by atoms with E-state index in [1.54, 1.807) is 39.8 Å². The number of nitrogens with two attached hydrogens (primary N) is 1. The normalized spacial score (nSPS) is 12.9. The average Bonchev–Trinajstić information content (AvgIpc) is 2.51. The fourth-order valence-electron chi connectivity index (χ4n) is 2.28. The Morgan fingerprint density at radius 3 is 2.25 bits per heavy atom. The highest BCUT2D eigenvalue weighted by Gasteiger charge is 2.25. The molecule has 1 aromatic rings. The number of anilines is 1. The molecule has 0 aromatic heterocycles. The number of carbonyl (C=O) groups excluding carboxylic acids is 2. The molecule has 10 heteroatoms. The van der Waals surface area contributed by atoms with Crippen molar-refractivity contribution in [2.24, 2.45) is 11.7 Å². The van der Waals surface area contributed by atoms with Gasteiger partial charge in [-0.05, 0) is 51.3 Å². The molecule has 5 N–H and O–H groups in total. The van der Waals surface area contributed by atoms with Crippen molar-refractivity contribution in [2.45, 2.75) is 58.0 Å². The number of rotatable bonds is 7. The molecule has 0 aliphatic carbocycles. The van der Waals surface area contributed by atoms with Gasteiger partial charge in [0.25, 0.3) is 0 Å². The lowest BCUT2D eigenvalue weighted by atomic mass is 10.1. The monoisotopic (exact) mass is 434 g/mol. The maximum absolute atomic E-state index is 12.6. The molecule has 0 bridgehead atoms. The minimum Gasteiger partial charge on any atom is -0.346 e. The minimum atomic E-state index is -3.74. The van der Waals surface area contributed by atoms with Gasteiger partial charge in [-0.2, -0.15) is 0 Å². The topological polar surface area (TPSA) is 130 Å². The van der Waals surface area contributed by atoms with Gasteiger partial charge in [-0.15, -0.1) is 12.4 Å². The Balaban J connectivity index is 0.00000729. The number of halogens is 1. The van der Waals surface area contributed by atoms with Crippen molar-refractivity contribution in [2.75, 3.05) is 11.9 Å². The quantitative estimate of drug-likeness (QED) is 0.517. The molecule has 8 nitrogen and oxygen atoms in total. The second kappa shape index (κ2) is 10.2. The lowest BCUT2D eigenvalue weighted by Crippen LogP contribution is -2.46. The van der Waals surface area contributed by atoms with Crippen molar-refractivity contribution < 1.29 is 18.0 Å². The van der Waals surface area contributed by atoms with E-state index in [1.807, 2.05) is 13.8 Å². The van der Waals surface area contributed by atoms with Gasteiger partial charge in [-0.1, -0.05) is 19.9 Å². The van der Waals surface area contributed by atoms with E-state index >= 15 is 0 Å². The van der Waals surface area contributed by atoms with E-state index in [0.29, 0.717) is 11.3 Å². The molecule has 1 atom stereocenters. The maximum atomic E-state index is 12.6. The van der Waals surface area contributed by atoms with Gasteiger partial charge in [0.15, 0.2) is 0 Å². The molecule has 0 saturated carbocycles. The van der Waals surface area contributed by atoms with E-state index in [0.717, 1.165) is 0 Å². The largest absolute Gasteiger partial charge is 0.346 e. The highest BCUT2D eigenvalue weighted by Crippen LogP contribution is 2.24. The molecule has 0 heterocycles. The van der Waals surface area contributed by atoms with Gasteiger partial charge in [-0.3, -0.25) is 9.59 Å². The van der Waals surface area contributed by atoms with E-state index < -0.39 is 33.4 Å². The third-order valence-corrected chi connectivity index (χ3v) is 5.63. The number of amides is 2. The van der Waals surface area contributed by atoms with Crippen molar-refractivity contribution in [1.82, 2.24) is 10.0 Å². The molecule has 2 amide bonds. The first kappa shape index (κ1) is 26.3. The Morgan fingerprint density at radius 2 is 1.75 bits per heavy atom. The number of carbonyl (C=O) groups is 2. The highest BCUT2D eigenvalue weighted by molar-refractivity contribution is 7.89. The fourth-order valence-corrected chi connectivity index (χ4v) is 3.97. The van der Waals surface area contributed by atoms with Gasteiger partial charge in [-0.25, -0.2) is 13.1 Å². The number of hydrogen-bond donors (Lipinski definition) is 4. The zero-order chi connectivity index (χ0) is 21.0. The number of nitrogens with one attached hydrogen (secondary N) is 3. The van der Waals surface area contributed by atoms with Crippen molar-refractivity contribution >= 4 is 39.9 Å². The van der Waals surface area contributed by atoms with E-state index in [2.05, 4.69) is 15.4 Å². The summed E-state index contributed by atoms with van der Waals surface area (Å²) < 4.78 is 27.7. The first-order valence-corrected chi connectivity index (χ1v) is 10.2. The molecule has 0 saturated heterocycles. The van der Waals surface area contributed by atoms with Gasteiger partial charge < -0.3 is 16.4 Å². The Kier molecular flexibility index (Phi) is 9.59. The summed E-state index contributed by atoms with van der Waals surface area (Å²) in [6, 6.07) is 3.93. The van der Waals surface area contributed by atoms with Crippen LogP contribution in [-0.2, 0) is 19.6 Å². The molecule has 0 unspecified atom stereocenters. The van der Waals surface area contributed by atoms with Crippen LogP contribution in [0.3, 0.4) is 0 Å². The van der Waals surface area contributed by atoms with Crippen LogP contribution in [0.1, 0.15) is 40.2 Å². The predicted octanol–water partition coefficient (Wildman–Crippen LogP) is 1.53. The first-order chi connectivity index (χ1) is 12.2. The molecule has 28 heavy (non-hydrogen) atoms. The van der Waals surface area contributed by atoms with Crippen molar-refractivity contribution in [3.63, 3.8) is 0 Å². The second-order valence-electron chi connectivity index (χ2n) is 7.82. The standard InChI is InChI=1S/C18H30N4O4S.ClH/c1-11(2)16(19)17(24)20-10-15(23)21-13-8-7-9-14(12(13)3)27(25,26)22-18(4,5)6;/h7-9,11,16,22H,10,19H2,1-6H3,(H,20,24)(H,21,23);1H/t16-;/m0./s1. The van der Waals surface area contributed by atoms with Gasteiger partial charge in [0, 0.05) is 11.2 Å². The van der Waals surface area contributed by atoms with Gasteiger partial charge in [0.05, 0.1) is 17.5 Å². The van der Waals surface area contributed by atoms with Gasteiger partial charge >= 0.3 is 0 Å². The van der Waals surface area contributed by atoms with E-state index in [9.17, 15) is 18.0 Å². The lowest BCUT2D eigenvalue weighted by Gasteiger charge is -2.22. The molecule has 1 rings (SSSR count). The van der Waals surface area contributed by atoms with Crippen LogP contribution in [0.2, 0.25) is 0 Å². The van der Waals surface area contributed by atoms with Crippen molar-refractivity contribution in [3.05, 3.63) is 23.8 Å². The molecule has 1 aromatic carbocycles. The zero-order valence-electron chi connectivity index (χ0n) is 17.1. The van der Waals surface area contributed by atoms with Gasteiger partial charge in [0.2, 0.25) is 21.8 Å². The van der Waals surface area contributed by atoms with E-state index in [4.69, 9.17) is 5.73 Å². The zero-order valence-corrected chi connectivity index (χ0v) is 18.8. The average molecular weight is 435 g/mol. The van der Waals surface area contributed by atoms with Crippen LogP contribution < -0.4 is 21.1 Å². The summed E-state index contributed by atoms with van der Waals surface area (Å²) in [7, 11) is -3.74. The Bertz CT molecular complexity index is 804. The molecule has 160 valence electrons. The molecule has 0 spiro atoms. The molecular weight excluding hydrogens is 404 g/mol. The SMILES string of the molecule is Cc1c(NC(=O)CNC(=O)[C@@H](N)C(C)C)cccc1S(=O)(=O)NC(C)(C)C.Cl. The number of sulfonamides is 1. The van der Waals surface area contributed by atoms with Crippen LogP contribution in [0, 0.1) is 12.8 Å². The minimum absolute atomic E-state index is 0. The molecular formula is C18H31ClN4O4S. The van der Waals surface area contributed by atoms with Crippen LogP contribution in [0.25, 0.3) is 0 Å². The molecule has 0 aliphatic rings. The van der Waals surface area contributed by atoms with Crippen LogP contribution in [0.5, 0.6) is 0 Å². The predicted molar refractivity (Wildman–Crippen MR) is 113 cm³/mol. The summed E-state index contributed by atoms with van der Waals surface area (Å²) in [4.78, 5) is 24.0. The summed E-state index contributed by atoms with van der Waals surface area (Å²) in [5, 5.41) is 5.09. The lowest BCUT2D eigenvalue weighted by molar-refractivity contribution is -0.125. The highest BCUT2D eigenvalue weighted by atomic mass is 35.5. The molecule has 0 fully saturated rings. The van der Waals surface area contributed by atoms with Crippen LogP contribution in [0.15, 0.2) is 23.1 Å². The van der Waals surface area contributed by atoms with Crippen LogP contribution in [0.4, 0.5) is 5.69 Å². The first-order valence-electron chi connectivity index (χ1n) is 8.71. The van der Waals surface area contributed by atoms with Crippen LogP contribution >= 0.6 is 12.4 Å². The van der Waals surface area contributed by atoms with E-state index in [-0.39, 0.29) is 29.8 Å². The van der Waals surface area contributed by atoms with Gasteiger partial charge in [0.1, 0.15) is 0 Å². The van der Waals surface area contributed by atoms with Crippen molar-refractivity contribution in [1.29, 1.82) is 0 Å². The maximum Gasteiger partial charge on any atom is 0.243 e. The van der Waals surface area contributed by atoms with Crippen molar-refractivity contribution in [3.8, 4) is 0 Å². The smallest absolute Gasteiger partial charge is 0.243 e. The summed E-state index contributed by atoms with van der Waals surface area (Å²) in [6.07, 6.45) is 0. The number of hydrogen-bond acceptors (Lipinski definition) is 5. The summed E-state index contributed by atoms with van der Waals surface area (Å²) in [5.74, 6) is -0.934. The summed E-state index contributed by atoms with van der Waals surface area (Å²) in [6.45, 7) is 10.2. The number of benzene rings is 1.